The number of nitrogens with zero attached hydrogens (tertiary/aromatic N) is 2. The van der Waals surface area contributed by atoms with Gasteiger partial charge in [0.05, 0.1) is 5.56 Å². The first kappa shape index (κ1) is 17.0. The molecule has 0 atom stereocenters. The normalized spacial score (nSPS) is 17.6. The minimum atomic E-state index is -3.98. The van der Waals surface area contributed by atoms with Crippen molar-refractivity contribution in [3.8, 4) is 0 Å². The fourth-order valence-corrected chi connectivity index (χ4v) is 5.51. The highest BCUT2D eigenvalue weighted by Crippen LogP contribution is 2.31. The fourth-order valence-electron chi connectivity index (χ4n) is 3.99. The van der Waals surface area contributed by atoms with Crippen LogP contribution in [0.2, 0.25) is 0 Å². The summed E-state index contributed by atoms with van der Waals surface area (Å²) in [7, 11) is -3.98. The Morgan fingerprint density at radius 1 is 1.07 bits per heavy atom. The number of para-hydroxylation sites is 1. The van der Waals surface area contributed by atoms with E-state index in [0.29, 0.717) is 23.8 Å². The Hall–Kier alpha value is -3.13. The number of sulfonamides is 1. The molecule has 3 aromatic rings. The number of carbonyl (C=O) groups excluding carboxylic acids is 2. The summed E-state index contributed by atoms with van der Waals surface area (Å²) in [4.78, 5) is 30.4. The van der Waals surface area contributed by atoms with Crippen LogP contribution in [0.5, 0.6) is 0 Å². The van der Waals surface area contributed by atoms with Crippen molar-refractivity contribution in [2.24, 2.45) is 0 Å². The van der Waals surface area contributed by atoms with Gasteiger partial charge in [0.25, 0.3) is 15.9 Å². The Bertz CT molecular complexity index is 1250. The number of nitrogens with one attached hydrogen (secondary N) is 1. The predicted molar refractivity (Wildman–Crippen MR) is 102 cm³/mol. The van der Waals surface area contributed by atoms with Crippen molar-refractivity contribution in [1.82, 2.24) is 14.2 Å². The first-order chi connectivity index (χ1) is 13.5. The Labute approximate surface area is 161 Å². The summed E-state index contributed by atoms with van der Waals surface area (Å²) in [5, 5.41) is 1.06. The highest BCUT2D eigenvalue weighted by molar-refractivity contribution is 7.90. The molecule has 2 aliphatic heterocycles. The van der Waals surface area contributed by atoms with Crippen molar-refractivity contribution in [2.75, 3.05) is 13.1 Å². The molecule has 0 radical (unpaired) electrons. The molecule has 2 aromatic carbocycles. The van der Waals surface area contributed by atoms with E-state index in [0.717, 1.165) is 22.2 Å². The topological polar surface area (TPSA) is 90.6 Å². The number of rotatable bonds is 2. The first-order valence-corrected chi connectivity index (χ1v) is 10.4. The summed E-state index contributed by atoms with van der Waals surface area (Å²) >= 11 is 0. The van der Waals surface area contributed by atoms with Crippen LogP contribution in [-0.4, -0.2) is 47.5 Å². The number of benzene rings is 2. The molecule has 2 amide bonds. The van der Waals surface area contributed by atoms with E-state index in [9.17, 15) is 18.0 Å². The maximum atomic E-state index is 12.9. The molecule has 0 unspecified atom stereocenters. The summed E-state index contributed by atoms with van der Waals surface area (Å²) in [6.07, 6.45) is 0.663. The molecule has 2 aliphatic rings. The van der Waals surface area contributed by atoms with Gasteiger partial charge in [0, 0.05) is 41.7 Å². The van der Waals surface area contributed by atoms with Gasteiger partial charge in [0.15, 0.2) is 0 Å². The quantitative estimate of drug-likeness (QED) is 0.718. The average molecular weight is 395 g/mol. The Kier molecular flexibility index (Phi) is 3.60. The Balaban J connectivity index is 1.41. The van der Waals surface area contributed by atoms with Crippen molar-refractivity contribution < 1.29 is 18.0 Å². The van der Waals surface area contributed by atoms with Gasteiger partial charge < -0.3 is 9.88 Å². The predicted octanol–water partition coefficient (Wildman–Crippen LogP) is 1.90. The number of aromatic nitrogens is 1. The van der Waals surface area contributed by atoms with E-state index in [1.807, 2.05) is 24.3 Å². The fraction of sp³-hybridized carbons (Fsp3) is 0.200. The van der Waals surface area contributed by atoms with Gasteiger partial charge in [-0.3, -0.25) is 9.59 Å². The molecule has 0 saturated heterocycles. The van der Waals surface area contributed by atoms with Crippen LogP contribution in [-0.2, 0) is 27.8 Å². The number of hydrogen-bond acceptors (Lipinski definition) is 4. The Morgan fingerprint density at radius 2 is 1.82 bits per heavy atom. The zero-order valence-corrected chi connectivity index (χ0v) is 15.7. The molecule has 1 N–H and O–H groups in total. The standard InChI is InChI=1S/C20H17N3O4S/c24-19(12-23-20(25)14-6-2-4-8-18(14)28(23,26)27)22-10-9-17-15(11-22)13-5-1-3-7-16(13)21-17/h1-8,21H,9-12H2. The summed E-state index contributed by atoms with van der Waals surface area (Å²) in [5.74, 6) is -1.02. The number of aromatic amines is 1. The highest BCUT2D eigenvalue weighted by Gasteiger charge is 2.42. The molecule has 5 rings (SSSR count). The molecular formula is C20H17N3O4S. The lowest BCUT2D eigenvalue weighted by Gasteiger charge is -2.28. The van der Waals surface area contributed by atoms with Crippen LogP contribution in [0, 0.1) is 0 Å². The van der Waals surface area contributed by atoms with E-state index in [1.165, 1.54) is 12.1 Å². The van der Waals surface area contributed by atoms with Crippen LogP contribution < -0.4 is 0 Å². The number of fused-ring (bicyclic) bond motifs is 4. The lowest BCUT2D eigenvalue weighted by molar-refractivity contribution is -0.132. The third kappa shape index (κ3) is 2.37. The minimum Gasteiger partial charge on any atom is -0.358 e. The van der Waals surface area contributed by atoms with Crippen LogP contribution in [0.3, 0.4) is 0 Å². The van der Waals surface area contributed by atoms with E-state index in [2.05, 4.69) is 4.98 Å². The molecule has 0 saturated carbocycles. The molecule has 0 bridgehead atoms. The van der Waals surface area contributed by atoms with Crippen molar-refractivity contribution in [3.05, 3.63) is 65.4 Å². The third-order valence-corrected chi connectivity index (χ3v) is 7.21. The monoisotopic (exact) mass is 395 g/mol. The van der Waals surface area contributed by atoms with E-state index < -0.39 is 22.5 Å². The van der Waals surface area contributed by atoms with Crippen LogP contribution >= 0.6 is 0 Å². The molecule has 0 spiro atoms. The molecule has 3 heterocycles. The molecule has 7 nitrogen and oxygen atoms in total. The number of H-pyrrole nitrogens is 1. The summed E-state index contributed by atoms with van der Waals surface area (Å²) in [6, 6.07) is 13.9. The van der Waals surface area contributed by atoms with Gasteiger partial charge in [0.1, 0.15) is 11.4 Å². The molecule has 0 aliphatic carbocycles. The van der Waals surface area contributed by atoms with Gasteiger partial charge in [-0.2, -0.15) is 0 Å². The summed E-state index contributed by atoms with van der Waals surface area (Å²) < 4.78 is 26.0. The van der Waals surface area contributed by atoms with Crippen molar-refractivity contribution in [1.29, 1.82) is 0 Å². The number of carbonyl (C=O) groups is 2. The van der Waals surface area contributed by atoms with Crippen molar-refractivity contribution in [2.45, 2.75) is 17.9 Å². The molecule has 0 fully saturated rings. The highest BCUT2D eigenvalue weighted by atomic mass is 32.2. The Morgan fingerprint density at radius 3 is 2.64 bits per heavy atom. The van der Waals surface area contributed by atoms with Crippen molar-refractivity contribution in [3.63, 3.8) is 0 Å². The second kappa shape index (κ2) is 5.93. The summed E-state index contributed by atoms with van der Waals surface area (Å²) in [5.41, 5.74) is 3.29. The molecule has 28 heavy (non-hydrogen) atoms. The van der Waals surface area contributed by atoms with Gasteiger partial charge in [-0.25, -0.2) is 12.7 Å². The van der Waals surface area contributed by atoms with Crippen LogP contribution in [0.15, 0.2) is 53.4 Å². The number of hydrogen-bond donors (Lipinski definition) is 1. The van der Waals surface area contributed by atoms with Crippen LogP contribution in [0.1, 0.15) is 21.6 Å². The first-order valence-electron chi connectivity index (χ1n) is 8.99. The van der Waals surface area contributed by atoms with Gasteiger partial charge >= 0.3 is 0 Å². The van der Waals surface area contributed by atoms with E-state index in [-0.39, 0.29) is 16.4 Å². The van der Waals surface area contributed by atoms with E-state index in [1.54, 1.807) is 17.0 Å². The van der Waals surface area contributed by atoms with Gasteiger partial charge in [-0.05, 0) is 18.2 Å². The van der Waals surface area contributed by atoms with Crippen LogP contribution in [0.25, 0.3) is 10.9 Å². The van der Waals surface area contributed by atoms with Crippen molar-refractivity contribution >= 4 is 32.7 Å². The lowest BCUT2D eigenvalue weighted by Crippen LogP contribution is -2.44. The van der Waals surface area contributed by atoms with E-state index >= 15 is 0 Å². The second-order valence-corrected chi connectivity index (χ2v) is 8.84. The molecule has 8 heteroatoms. The van der Waals surface area contributed by atoms with Gasteiger partial charge in [0.2, 0.25) is 5.91 Å². The second-order valence-electron chi connectivity index (χ2n) is 7.01. The zero-order chi connectivity index (χ0) is 19.5. The number of amides is 2. The molecular weight excluding hydrogens is 378 g/mol. The zero-order valence-electron chi connectivity index (χ0n) is 14.9. The molecule has 1 aromatic heterocycles. The molecule has 142 valence electrons. The third-order valence-electron chi connectivity index (χ3n) is 5.43. The minimum absolute atomic E-state index is 0.0367. The maximum absolute atomic E-state index is 12.9. The maximum Gasteiger partial charge on any atom is 0.269 e. The van der Waals surface area contributed by atoms with Crippen LogP contribution in [0.4, 0.5) is 0 Å². The van der Waals surface area contributed by atoms with Gasteiger partial charge in [-0.15, -0.1) is 0 Å². The SMILES string of the molecule is O=C(CN1C(=O)c2ccccc2S1(=O)=O)N1CCc2[nH]c3ccccc3c2C1. The largest absolute Gasteiger partial charge is 0.358 e. The summed E-state index contributed by atoms with van der Waals surface area (Å²) in [6.45, 7) is 0.397. The smallest absolute Gasteiger partial charge is 0.269 e. The average Bonchev–Trinajstić information content (AvgIpc) is 3.17. The van der Waals surface area contributed by atoms with E-state index in [4.69, 9.17) is 0 Å². The lowest BCUT2D eigenvalue weighted by atomic mass is 10.0. The van der Waals surface area contributed by atoms with Gasteiger partial charge in [-0.1, -0.05) is 30.3 Å².